The van der Waals surface area contributed by atoms with Gasteiger partial charge in [-0.05, 0) is 24.3 Å². The van der Waals surface area contributed by atoms with Crippen molar-refractivity contribution < 1.29 is 14.0 Å². The molecule has 0 atom stereocenters. The first-order valence-corrected chi connectivity index (χ1v) is 3.91. The topological polar surface area (TPSA) is 72.2 Å². The molecule has 14 heavy (non-hydrogen) atoms. The Labute approximate surface area is 79.9 Å². The van der Waals surface area contributed by atoms with Crippen LogP contribution in [0.15, 0.2) is 24.3 Å². The van der Waals surface area contributed by atoms with Crippen LogP contribution in [0, 0.1) is 5.82 Å². The van der Waals surface area contributed by atoms with Gasteiger partial charge in [0.05, 0.1) is 6.54 Å². The van der Waals surface area contributed by atoms with Crippen molar-refractivity contribution in [2.24, 2.45) is 5.73 Å². The van der Waals surface area contributed by atoms with Crippen LogP contribution in [0.4, 0.5) is 4.39 Å². The van der Waals surface area contributed by atoms with E-state index >= 15 is 0 Å². The minimum Gasteiger partial charge on any atom is -0.368 e. The standard InChI is InChI=1S/C9H9FN2O2/c10-7-3-1-6(2-4-7)9(14)12-5-8(11)13/h1-4H,5H2,(H2,11,13)(H,12,14). The Morgan fingerprint density at radius 2 is 1.86 bits per heavy atom. The van der Waals surface area contributed by atoms with Crippen LogP contribution < -0.4 is 11.1 Å². The summed E-state index contributed by atoms with van der Waals surface area (Å²) in [7, 11) is 0. The molecule has 1 rings (SSSR count). The summed E-state index contributed by atoms with van der Waals surface area (Å²) in [4.78, 5) is 21.6. The molecular formula is C9H9FN2O2. The Balaban J connectivity index is 2.61. The molecule has 0 aliphatic rings. The molecule has 0 aliphatic heterocycles. The number of halogens is 1. The number of primary amides is 1. The van der Waals surface area contributed by atoms with Crippen molar-refractivity contribution in [1.29, 1.82) is 0 Å². The first-order valence-electron chi connectivity index (χ1n) is 3.91. The minimum absolute atomic E-state index is 0.226. The van der Waals surface area contributed by atoms with E-state index in [0.717, 1.165) is 0 Å². The molecule has 0 aliphatic carbocycles. The second-order valence-electron chi connectivity index (χ2n) is 2.66. The summed E-state index contributed by atoms with van der Waals surface area (Å²) in [6.07, 6.45) is 0. The van der Waals surface area contributed by atoms with Gasteiger partial charge in [0.25, 0.3) is 5.91 Å². The van der Waals surface area contributed by atoms with E-state index in [4.69, 9.17) is 5.73 Å². The molecule has 0 heterocycles. The lowest BCUT2D eigenvalue weighted by molar-refractivity contribution is -0.117. The number of hydrogen-bond acceptors (Lipinski definition) is 2. The average Bonchev–Trinajstić information content (AvgIpc) is 2.15. The normalized spacial score (nSPS) is 9.50. The fourth-order valence-corrected chi connectivity index (χ4v) is 0.871. The van der Waals surface area contributed by atoms with Crippen molar-refractivity contribution in [3.05, 3.63) is 35.6 Å². The number of benzene rings is 1. The summed E-state index contributed by atoms with van der Waals surface area (Å²) in [5.41, 5.74) is 5.11. The molecule has 74 valence electrons. The molecule has 1 aromatic carbocycles. The third-order valence-corrected chi connectivity index (χ3v) is 1.53. The average molecular weight is 196 g/mol. The van der Waals surface area contributed by atoms with E-state index in [1.54, 1.807) is 0 Å². The number of nitrogens with one attached hydrogen (secondary N) is 1. The van der Waals surface area contributed by atoms with E-state index in [9.17, 15) is 14.0 Å². The summed E-state index contributed by atoms with van der Waals surface area (Å²) in [5, 5.41) is 2.28. The third kappa shape index (κ3) is 2.85. The highest BCUT2D eigenvalue weighted by molar-refractivity contribution is 5.96. The van der Waals surface area contributed by atoms with E-state index < -0.39 is 17.6 Å². The Morgan fingerprint density at radius 3 is 2.36 bits per heavy atom. The summed E-state index contributed by atoms with van der Waals surface area (Å²) in [5.74, 6) is -1.50. The predicted molar refractivity (Wildman–Crippen MR) is 47.9 cm³/mol. The van der Waals surface area contributed by atoms with Crippen LogP contribution in [-0.2, 0) is 4.79 Å². The van der Waals surface area contributed by atoms with E-state index in [0.29, 0.717) is 0 Å². The Morgan fingerprint density at radius 1 is 1.29 bits per heavy atom. The maximum atomic E-state index is 12.5. The van der Waals surface area contributed by atoms with Crippen LogP contribution in [0.3, 0.4) is 0 Å². The van der Waals surface area contributed by atoms with Crippen LogP contribution in [0.1, 0.15) is 10.4 Å². The van der Waals surface area contributed by atoms with Gasteiger partial charge in [0, 0.05) is 5.56 Å². The molecule has 3 N–H and O–H groups in total. The zero-order chi connectivity index (χ0) is 10.6. The van der Waals surface area contributed by atoms with Crippen LogP contribution in [0.2, 0.25) is 0 Å². The Bertz CT molecular complexity index is 348. The number of carbonyl (C=O) groups is 2. The van der Waals surface area contributed by atoms with E-state index in [2.05, 4.69) is 5.32 Å². The fraction of sp³-hybridized carbons (Fsp3) is 0.111. The monoisotopic (exact) mass is 196 g/mol. The number of carbonyl (C=O) groups excluding carboxylic acids is 2. The molecule has 0 radical (unpaired) electrons. The van der Waals surface area contributed by atoms with Gasteiger partial charge in [0.15, 0.2) is 0 Å². The van der Waals surface area contributed by atoms with Crippen molar-refractivity contribution in [3.8, 4) is 0 Å². The molecule has 2 amide bonds. The highest BCUT2D eigenvalue weighted by Gasteiger charge is 2.05. The van der Waals surface area contributed by atoms with E-state index in [-0.39, 0.29) is 12.1 Å². The zero-order valence-corrected chi connectivity index (χ0v) is 7.29. The van der Waals surface area contributed by atoms with Gasteiger partial charge in [-0.2, -0.15) is 0 Å². The predicted octanol–water partition coefficient (Wildman–Crippen LogP) is 0.0408. The van der Waals surface area contributed by atoms with E-state index in [1.807, 2.05) is 0 Å². The number of hydrogen-bond donors (Lipinski definition) is 2. The lowest BCUT2D eigenvalue weighted by Crippen LogP contribution is -2.33. The molecule has 0 saturated carbocycles. The smallest absolute Gasteiger partial charge is 0.251 e. The van der Waals surface area contributed by atoms with Crippen LogP contribution >= 0.6 is 0 Å². The molecule has 0 spiro atoms. The van der Waals surface area contributed by atoms with Gasteiger partial charge in [-0.25, -0.2) is 4.39 Å². The SMILES string of the molecule is NC(=O)CNC(=O)c1ccc(F)cc1. The summed E-state index contributed by atoms with van der Waals surface area (Å²) < 4.78 is 12.5. The molecule has 0 aromatic heterocycles. The molecule has 0 bridgehead atoms. The first-order chi connectivity index (χ1) is 6.59. The molecule has 0 fully saturated rings. The zero-order valence-electron chi connectivity index (χ0n) is 7.29. The van der Waals surface area contributed by atoms with E-state index in [1.165, 1.54) is 24.3 Å². The second kappa shape index (κ2) is 4.36. The fourth-order valence-electron chi connectivity index (χ4n) is 0.871. The molecule has 1 aromatic rings. The summed E-state index contributed by atoms with van der Waals surface area (Å²) >= 11 is 0. The largest absolute Gasteiger partial charge is 0.368 e. The summed E-state index contributed by atoms with van der Waals surface area (Å²) in [6.45, 7) is -0.226. The van der Waals surface area contributed by atoms with Crippen molar-refractivity contribution in [2.45, 2.75) is 0 Å². The van der Waals surface area contributed by atoms with Crippen molar-refractivity contribution >= 4 is 11.8 Å². The lowest BCUT2D eigenvalue weighted by Gasteiger charge is -2.01. The lowest BCUT2D eigenvalue weighted by atomic mass is 10.2. The number of rotatable bonds is 3. The molecule has 0 unspecified atom stereocenters. The molecule has 5 heteroatoms. The highest BCUT2D eigenvalue weighted by atomic mass is 19.1. The van der Waals surface area contributed by atoms with Crippen LogP contribution in [-0.4, -0.2) is 18.4 Å². The minimum atomic E-state index is -0.625. The van der Waals surface area contributed by atoms with Crippen molar-refractivity contribution in [1.82, 2.24) is 5.32 Å². The van der Waals surface area contributed by atoms with Crippen molar-refractivity contribution in [2.75, 3.05) is 6.54 Å². The van der Waals surface area contributed by atoms with Gasteiger partial charge in [-0.1, -0.05) is 0 Å². The van der Waals surface area contributed by atoms with Gasteiger partial charge in [-0.3, -0.25) is 9.59 Å². The molecule has 4 nitrogen and oxygen atoms in total. The van der Waals surface area contributed by atoms with Gasteiger partial charge in [0.2, 0.25) is 5.91 Å². The quantitative estimate of drug-likeness (QED) is 0.716. The molecular weight excluding hydrogens is 187 g/mol. The van der Waals surface area contributed by atoms with Gasteiger partial charge in [-0.15, -0.1) is 0 Å². The van der Waals surface area contributed by atoms with Crippen LogP contribution in [0.25, 0.3) is 0 Å². The van der Waals surface area contributed by atoms with Gasteiger partial charge in [0.1, 0.15) is 5.82 Å². The van der Waals surface area contributed by atoms with Crippen LogP contribution in [0.5, 0.6) is 0 Å². The van der Waals surface area contributed by atoms with Gasteiger partial charge >= 0.3 is 0 Å². The van der Waals surface area contributed by atoms with Crippen molar-refractivity contribution in [3.63, 3.8) is 0 Å². The molecule has 0 saturated heterocycles. The second-order valence-corrected chi connectivity index (χ2v) is 2.66. The third-order valence-electron chi connectivity index (χ3n) is 1.53. The number of amides is 2. The maximum Gasteiger partial charge on any atom is 0.251 e. The maximum absolute atomic E-state index is 12.5. The Kier molecular flexibility index (Phi) is 3.17. The van der Waals surface area contributed by atoms with Gasteiger partial charge < -0.3 is 11.1 Å². The number of nitrogens with two attached hydrogens (primary N) is 1. The Hall–Kier alpha value is -1.91. The highest BCUT2D eigenvalue weighted by Crippen LogP contribution is 2.01. The summed E-state index contributed by atoms with van der Waals surface area (Å²) in [6, 6.07) is 4.98. The first kappa shape index (κ1) is 10.2.